The fourth-order valence-corrected chi connectivity index (χ4v) is 3.58. The molecule has 0 saturated heterocycles. The predicted molar refractivity (Wildman–Crippen MR) is 110 cm³/mol. The number of oxazole rings is 1. The number of aryl methyl sites for hydroxylation is 2. The highest BCUT2D eigenvalue weighted by molar-refractivity contribution is 7.09. The minimum Gasteiger partial charge on any atom is -0.441 e. The summed E-state index contributed by atoms with van der Waals surface area (Å²) < 4.78 is 5.77. The molecule has 0 aliphatic rings. The maximum atomic E-state index is 12.1. The van der Waals surface area contributed by atoms with Gasteiger partial charge in [-0.2, -0.15) is 0 Å². The van der Waals surface area contributed by atoms with E-state index in [9.17, 15) is 9.59 Å². The van der Waals surface area contributed by atoms with Crippen LogP contribution in [-0.2, 0) is 22.6 Å². The summed E-state index contributed by atoms with van der Waals surface area (Å²) >= 11 is 1.71. The number of carbonyl (C=O) groups excluding carboxylic acids is 2. The lowest BCUT2D eigenvalue weighted by Crippen LogP contribution is -2.23. The molecule has 0 radical (unpaired) electrons. The Labute approximate surface area is 168 Å². The number of thiophene rings is 1. The van der Waals surface area contributed by atoms with E-state index in [0.29, 0.717) is 41.6 Å². The van der Waals surface area contributed by atoms with Crippen LogP contribution in [0.5, 0.6) is 0 Å². The van der Waals surface area contributed by atoms with Crippen molar-refractivity contribution in [1.82, 2.24) is 10.3 Å². The Balaban J connectivity index is 1.58. The average molecular weight is 398 g/mol. The van der Waals surface area contributed by atoms with Crippen molar-refractivity contribution in [3.8, 4) is 11.5 Å². The smallest absolute Gasteiger partial charge is 0.228 e. The first-order valence-corrected chi connectivity index (χ1v) is 10.0. The van der Waals surface area contributed by atoms with Crippen LogP contribution < -0.4 is 10.6 Å². The maximum absolute atomic E-state index is 12.1. The van der Waals surface area contributed by atoms with Gasteiger partial charge in [-0.1, -0.05) is 18.2 Å². The molecule has 2 aromatic heterocycles. The summed E-state index contributed by atoms with van der Waals surface area (Å²) in [5.41, 5.74) is 2.02. The first kappa shape index (κ1) is 19.8. The van der Waals surface area contributed by atoms with Gasteiger partial charge in [-0.15, -0.1) is 11.3 Å². The van der Waals surface area contributed by atoms with Crippen LogP contribution in [0.25, 0.3) is 11.5 Å². The molecule has 0 unspecified atom stereocenters. The summed E-state index contributed by atoms with van der Waals surface area (Å²) in [6, 6.07) is 11.4. The van der Waals surface area contributed by atoms with E-state index in [0.717, 1.165) is 12.8 Å². The average Bonchev–Trinajstić information content (AvgIpc) is 3.30. The van der Waals surface area contributed by atoms with Gasteiger partial charge in [-0.05, 0) is 43.3 Å². The van der Waals surface area contributed by atoms with E-state index in [1.807, 2.05) is 36.6 Å². The molecule has 0 aliphatic heterocycles. The van der Waals surface area contributed by atoms with Crippen molar-refractivity contribution < 1.29 is 14.0 Å². The van der Waals surface area contributed by atoms with Gasteiger partial charge in [0, 0.05) is 18.2 Å². The molecule has 0 aliphatic carbocycles. The first-order valence-electron chi connectivity index (χ1n) is 9.15. The van der Waals surface area contributed by atoms with Gasteiger partial charge in [-0.25, -0.2) is 4.98 Å². The van der Waals surface area contributed by atoms with E-state index in [1.165, 1.54) is 11.8 Å². The minimum atomic E-state index is -0.161. The first-order chi connectivity index (χ1) is 13.5. The van der Waals surface area contributed by atoms with E-state index in [1.54, 1.807) is 17.4 Å². The highest BCUT2D eigenvalue weighted by Crippen LogP contribution is 2.28. The normalized spacial score (nSPS) is 10.6. The van der Waals surface area contributed by atoms with Crippen LogP contribution in [-0.4, -0.2) is 16.8 Å². The molecular formula is C21H23N3O3S. The number of nitrogens with one attached hydrogen (secondary N) is 2. The molecule has 146 valence electrons. The number of aromatic nitrogens is 1. The van der Waals surface area contributed by atoms with Crippen molar-refractivity contribution >= 4 is 28.8 Å². The van der Waals surface area contributed by atoms with E-state index in [2.05, 4.69) is 21.7 Å². The van der Waals surface area contributed by atoms with Crippen molar-refractivity contribution in [1.29, 1.82) is 0 Å². The largest absolute Gasteiger partial charge is 0.441 e. The highest BCUT2D eigenvalue weighted by atomic mass is 32.1. The van der Waals surface area contributed by atoms with Crippen LogP contribution in [0.3, 0.4) is 0 Å². The zero-order valence-electron chi connectivity index (χ0n) is 16.0. The highest BCUT2D eigenvalue weighted by Gasteiger charge is 2.15. The van der Waals surface area contributed by atoms with Gasteiger partial charge in [0.05, 0.1) is 17.8 Å². The number of carbonyl (C=O) groups is 2. The number of anilines is 1. The molecular weight excluding hydrogens is 374 g/mol. The molecule has 0 atom stereocenters. The Kier molecular flexibility index (Phi) is 6.60. The van der Waals surface area contributed by atoms with Crippen molar-refractivity contribution in [2.24, 2.45) is 0 Å². The van der Waals surface area contributed by atoms with Gasteiger partial charge >= 0.3 is 0 Å². The molecule has 2 amide bonds. The zero-order chi connectivity index (χ0) is 19.9. The molecule has 0 bridgehead atoms. The predicted octanol–water partition coefficient (Wildman–Crippen LogP) is 4.31. The lowest BCUT2D eigenvalue weighted by Gasteiger charge is -2.06. The van der Waals surface area contributed by atoms with Gasteiger partial charge in [0.1, 0.15) is 11.5 Å². The second kappa shape index (κ2) is 9.32. The van der Waals surface area contributed by atoms with Crippen LogP contribution in [0.15, 0.2) is 46.2 Å². The summed E-state index contributed by atoms with van der Waals surface area (Å²) in [7, 11) is 0. The molecule has 1 aromatic carbocycles. The standard InChI is InChI=1S/C21H23N3O3S/c1-14-19(13-22-20(26)11-5-7-16-8-6-12-28-16)24-21(27-14)17-9-3-4-10-18(17)23-15(2)25/h3-4,6,8-10,12H,5,7,11,13H2,1-2H3,(H,22,26)(H,23,25). The summed E-state index contributed by atoms with van der Waals surface area (Å²) in [6.07, 6.45) is 2.21. The number of amides is 2. The van der Waals surface area contributed by atoms with Gasteiger partial charge in [-0.3, -0.25) is 9.59 Å². The quantitative estimate of drug-likeness (QED) is 0.593. The molecule has 28 heavy (non-hydrogen) atoms. The Morgan fingerprint density at radius 3 is 2.75 bits per heavy atom. The summed E-state index contributed by atoms with van der Waals surface area (Å²) in [5.74, 6) is 0.903. The number of para-hydroxylation sites is 1. The van der Waals surface area contributed by atoms with Crippen LogP contribution >= 0.6 is 11.3 Å². The molecule has 2 N–H and O–H groups in total. The van der Waals surface area contributed by atoms with Crippen LogP contribution in [0.2, 0.25) is 0 Å². The van der Waals surface area contributed by atoms with Crippen molar-refractivity contribution in [2.75, 3.05) is 5.32 Å². The van der Waals surface area contributed by atoms with Crippen molar-refractivity contribution in [3.63, 3.8) is 0 Å². The van der Waals surface area contributed by atoms with Crippen molar-refractivity contribution in [3.05, 3.63) is 58.1 Å². The van der Waals surface area contributed by atoms with E-state index in [-0.39, 0.29) is 11.8 Å². The number of rotatable bonds is 8. The number of nitrogens with zero attached hydrogens (tertiary/aromatic N) is 1. The van der Waals surface area contributed by atoms with Gasteiger partial charge in [0.25, 0.3) is 0 Å². The van der Waals surface area contributed by atoms with Crippen LogP contribution in [0.1, 0.15) is 36.1 Å². The monoisotopic (exact) mass is 397 g/mol. The van der Waals surface area contributed by atoms with Crippen molar-refractivity contribution in [2.45, 2.75) is 39.7 Å². The number of hydrogen-bond donors (Lipinski definition) is 2. The summed E-state index contributed by atoms with van der Waals surface area (Å²) in [5, 5.41) is 7.73. The molecule has 2 heterocycles. The molecule has 0 spiro atoms. The fraction of sp³-hybridized carbons (Fsp3) is 0.286. The third kappa shape index (κ3) is 5.29. The van der Waals surface area contributed by atoms with Crippen LogP contribution in [0, 0.1) is 6.92 Å². The lowest BCUT2D eigenvalue weighted by molar-refractivity contribution is -0.121. The molecule has 3 aromatic rings. The SMILES string of the molecule is CC(=O)Nc1ccccc1-c1nc(CNC(=O)CCCc2cccs2)c(C)o1. The lowest BCUT2D eigenvalue weighted by atomic mass is 10.1. The molecule has 0 fully saturated rings. The van der Waals surface area contributed by atoms with E-state index in [4.69, 9.17) is 4.42 Å². The van der Waals surface area contributed by atoms with Crippen LogP contribution in [0.4, 0.5) is 5.69 Å². The van der Waals surface area contributed by atoms with Gasteiger partial charge in [0.15, 0.2) is 0 Å². The van der Waals surface area contributed by atoms with E-state index < -0.39 is 0 Å². The Hall–Kier alpha value is -2.93. The third-order valence-corrected chi connectivity index (χ3v) is 5.16. The van der Waals surface area contributed by atoms with Gasteiger partial charge < -0.3 is 15.1 Å². The molecule has 7 heteroatoms. The van der Waals surface area contributed by atoms with Gasteiger partial charge in [0.2, 0.25) is 17.7 Å². The third-order valence-electron chi connectivity index (χ3n) is 4.22. The second-order valence-corrected chi connectivity index (χ2v) is 7.49. The maximum Gasteiger partial charge on any atom is 0.228 e. The topological polar surface area (TPSA) is 84.2 Å². The Bertz CT molecular complexity index is 948. The Morgan fingerprint density at radius 1 is 1.18 bits per heavy atom. The second-order valence-electron chi connectivity index (χ2n) is 6.46. The number of hydrogen-bond acceptors (Lipinski definition) is 5. The fourth-order valence-electron chi connectivity index (χ4n) is 2.82. The molecule has 3 rings (SSSR count). The Morgan fingerprint density at radius 2 is 2.00 bits per heavy atom. The summed E-state index contributed by atoms with van der Waals surface area (Å²) in [4.78, 5) is 29.3. The van der Waals surface area contributed by atoms with E-state index >= 15 is 0 Å². The summed E-state index contributed by atoms with van der Waals surface area (Å²) in [6.45, 7) is 3.59. The molecule has 0 saturated carbocycles. The molecule has 6 nitrogen and oxygen atoms in total. The zero-order valence-corrected chi connectivity index (χ0v) is 16.8. The number of benzene rings is 1. The minimum absolute atomic E-state index is 0.000785.